The summed E-state index contributed by atoms with van der Waals surface area (Å²) in [4.78, 5) is 16.2. The number of phenols is 1. The van der Waals surface area contributed by atoms with Crippen LogP contribution in [0.1, 0.15) is 32.7 Å². The molecule has 3 N–H and O–H groups in total. The molecule has 3 aromatic rings. The summed E-state index contributed by atoms with van der Waals surface area (Å²) in [5, 5.41) is 10.8. The molecule has 5 nitrogen and oxygen atoms in total. The van der Waals surface area contributed by atoms with E-state index < -0.39 is 0 Å². The third-order valence-electron chi connectivity index (χ3n) is 4.41. The normalized spacial score (nSPS) is 11.1. The van der Waals surface area contributed by atoms with E-state index in [1.807, 2.05) is 39.8 Å². The molecule has 0 amide bonds. The topological polar surface area (TPSA) is 81.1 Å². The minimum atomic E-state index is 0.184. The Bertz CT molecular complexity index is 955. The fourth-order valence-electron chi connectivity index (χ4n) is 2.95. The van der Waals surface area contributed by atoms with Crippen LogP contribution in [-0.2, 0) is 0 Å². The van der Waals surface area contributed by atoms with Gasteiger partial charge in [0, 0.05) is 16.6 Å². The van der Waals surface area contributed by atoms with Gasteiger partial charge >= 0.3 is 0 Å². The molecule has 3 rings (SSSR count). The van der Waals surface area contributed by atoms with Crippen LogP contribution in [0, 0.1) is 27.7 Å². The summed E-state index contributed by atoms with van der Waals surface area (Å²) >= 11 is 0. The molecule has 0 saturated heterocycles. The van der Waals surface area contributed by atoms with E-state index in [0.717, 1.165) is 34.2 Å². The van der Waals surface area contributed by atoms with Crippen molar-refractivity contribution in [2.24, 2.45) is 0 Å². The average Bonchev–Trinajstić information content (AvgIpc) is 2.76. The van der Waals surface area contributed by atoms with Crippen molar-refractivity contribution in [3.05, 3.63) is 46.1 Å². The molecule has 0 radical (unpaired) electrons. The van der Waals surface area contributed by atoms with Crippen molar-refractivity contribution in [3.63, 3.8) is 0 Å². The number of carbonyl (C=O) groups excluding carboxylic acids is 1. The Balaban J connectivity index is 2.53. The first-order chi connectivity index (χ1) is 10.9. The summed E-state index contributed by atoms with van der Waals surface area (Å²) in [5.74, 6) is 0.521. The molecule has 0 aliphatic heterocycles. The third kappa shape index (κ3) is 2.08. The molecule has 23 heavy (non-hydrogen) atoms. The van der Waals surface area contributed by atoms with Crippen LogP contribution in [0.2, 0.25) is 0 Å². The van der Waals surface area contributed by atoms with Gasteiger partial charge in [0.05, 0.1) is 11.3 Å². The fourth-order valence-corrected chi connectivity index (χ4v) is 2.95. The van der Waals surface area contributed by atoms with E-state index in [4.69, 9.17) is 5.73 Å². The summed E-state index contributed by atoms with van der Waals surface area (Å²) < 4.78 is 1.76. The van der Waals surface area contributed by atoms with Crippen LogP contribution in [0.25, 0.3) is 16.7 Å². The number of aryl methyl sites for hydroxylation is 3. The van der Waals surface area contributed by atoms with Crippen molar-refractivity contribution in [2.45, 2.75) is 27.7 Å². The Labute approximate surface area is 134 Å². The molecule has 0 bridgehead atoms. The van der Waals surface area contributed by atoms with Crippen molar-refractivity contribution in [3.8, 4) is 11.4 Å². The lowest BCUT2D eigenvalue weighted by Gasteiger charge is -2.15. The highest BCUT2D eigenvalue weighted by Crippen LogP contribution is 2.35. The lowest BCUT2D eigenvalue weighted by Crippen LogP contribution is -2.06. The maximum Gasteiger partial charge on any atom is 0.154 e. The number of nitrogens with zero attached hydrogens (tertiary/aromatic N) is 2. The zero-order valence-corrected chi connectivity index (χ0v) is 13.6. The Morgan fingerprint density at radius 1 is 1.17 bits per heavy atom. The van der Waals surface area contributed by atoms with Crippen molar-refractivity contribution in [2.75, 3.05) is 5.73 Å². The molecule has 0 fully saturated rings. The Kier molecular flexibility index (Phi) is 3.36. The average molecular weight is 309 g/mol. The summed E-state index contributed by atoms with van der Waals surface area (Å²) in [5.41, 5.74) is 11.6. The van der Waals surface area contributed by atoms with Gasteiger partial charge in [-0.25, -0.2) is 4.98 Å². The second-order valence-electron chi connectivity index (χ2n) is 5.89. The molecule has 0 saturated carbocycles. The van der Waals surface area contributed by atoms with Gasteiger partial charge in [-0.15, -0.1) is 0 Å². The van der Waals surface area contributed by atoms with Crippen LogP contribution < -0.4 is 5.73 Å². The number of aromatic nitrogens is 2. The first kappa shape index (κ1) is 15.1. The number of phenolic OH excluding ortho intramolecular Hbond substituents is 1. The number of hydrogen-bond donors (Lipinski definition) is 2. The van der Waals surface area contributed by atoms with Crippen LogP contribution >= 0.6 is 0 Å². The SMILES string of the molecule is Cc1cc2c(C=O)c(N)n(-c3c(C)ccc(O)c3C)c2nc1C. The van der Waals surface area contributed by atoms with Crippen LogP contribution in [0.15, 0.2) is 18.2 Å². The number of carbonyl (C=O) groups is 1. The Morgan fingerprint density at radius 2 is 1.87 bits per heavy atom. The smallest absolute Gasteiger partial charge is 0.154 e. The lowest BCUT2D eigenvalue weighted by atomic mass is 10.1. The fraction of sp³-hybridized carbons (Fsp3) is 0.222. The molecule has 0 atom stereocenters. The quantitative estimate of drug-likeness (QED) is 0.711. The minimum absolute atomic E-state index is 0.184. The molecule has 0 unspecified atom stereocenters. The number of nitrogens with two attached hydrogens (primary N) is 1. The van der Waals surface area contributed by atoms with Crippen molar-refractivity contribution >= 4 is 23.1 Å². The molecule has 1 aromatic carbocycles. The zero-order valence-electron chi connectivity index (χ0n) is 13.6. The molecule has 2 heterocycles. The number of nitrogen functional groups attached to an aromatic ring is 1. The maximum absolute atomic E-state index is 11.5. The standard InChI is InChI=1S/C18H19N3O2/c1-9-5-6-15(23)11(3)16(9)21-17(19)14(8-22)13-7-10(2)12(4)20-18(13)21/h5-8,23H,19H2,1-4H3. The molecule has 118 valence electrons. The maximum atomic E-state index is 11.5. The van der Waals surface area contributed by atoms with Gasteiger partial charge in [0.2, 0.25) is 0 Å². The number of anilines is 1. The van der Waals surface area contributed by atoms with Gasteiger partial charge < -0.3 is 10.8 Å². The monoisotopic (exact) mass is 309 g/mol. The lowest BCUT2D eigenvalue weighted by molar-refractivity contribution is 0.112. The van der Waals surface area contributed by atoms with Crippen molar-refractivity contribution < 1.29 is 9.90 Å². The van der Waals surface area contributed by atoms with Crippen LogP contribution in [0.4, 0.5) is 5.82 Å². The van der Waals surface area contributed by atoms with E-state index in [1.165, 1.54) is 0 Å². The van der Waals surface area contributed by atoms with E-state index in [-0.39, 0.29) is 5.75 Å². The van der Waals surface area contributed by atoms with E-state index in [9.17, 15) is 9.90 Å². The van der Waals surface area contributed by atoms with Gasteiger partial charge in [-0.1, -0.05) is 6.07 Å². The number of benzene rings is 1. The largest absolute Gasteiger partial charge is 0.508 e. The van der Waals surface area contributed by atoms with E-state index in [0.29, 0.717) is 22.6 Å². The Morgan fingerprint density at radius 3 is 2.52 bits per heavy atom. The highest BCUT2D eigenvalue weighted by molar-refractivity contribution is 6.03. The summed E-state index contributed by atoms with van der Waals surface area (Å²) in [7, 11) is 0. The van der Waals surface area contributed by atoms with Gasteiger partial charge in [0.1, 0.15) is 17.2 Å². The van der Waals surface area contributed by atoms with Gasteiger partial charge in [-0.05, 0) is 51.0 Å². The van der Waals surface area contributed by atoms with Gasteiger partial charge in [0.25, 0.3) is 0 Å². The number of aromatic hydroxyl groups is 1. The molecule has 0 aliphatic carbocycles. The molecule has 0 spiro atoms. The summed E-state index contributed by atoms with van der Waals surface area (Å²) in [6.07, 6.45) is 0.762. The highest BCUT2D eigenvalue weighted by Gasteiger charge is 2.21. The molecule has 2 aromatic heterocycles. The van der Waals surface area contributed by atoms with Crippen LogP contribution in [0.5, 0.6) is 5.75 Å². The van der Waals surface area contributed by atoms with Crippen molar-refractivity contribution in [1.82, 2.24) is 9.55 Å². The number of aldehydes is 1. The number of hydrogen-bond acceptors (Lipinski definition) is 4. The van der Waals surface area contributed by atoms with Crippen LogP contribution in [0.3, 0.4) is 0 Å². The molecular weight excluding hydrogens is 290 g/mol. The second-order valence-corrected chi connectivity index (χ2v) is 5.89. The third-order valence-corrected chi connectivity index (χ3v) is 4.41. The minimum Gasteiger partial charge on any atom is -0.508 e. The van der Waals surface area contributed by atoms with E-state index >= 15 is 0 Å². The zero-order chi connectivity index (χ0) is 16.9. The first-order valence-corrected chi connectivity index (χ1v) is 7.39. The Hall–Kier alpha value is -2.82. The van der Waals surface area contributed by atoms with E-state index in [2.05, 4.69) is 4.98 Å². The summed E-state index contributed by atoms with van der Waals surface area (Å²) in [6, 6.07) is 5.41. The second kappa shape index (κ2) is 5.12. The van der Waals surface area contributed by atoms with Crippen molar-refractivity contribution in [1.29, 1.82) is 0 Å². The van der Waals surface area contributed by atoms with Gasteiger partial charge in [-0.2, -0.15) is 0 Å². The van der Waals surface area contributed by atoms with Gasteiger partial charge in [0.15, 0.2) is 6.29 Å². The summed E-state index contributed by atoms with van der Waals surface area (Å²) in [6.45, 7) is 7.64. The number of pyridine rings is 1. The predicted molar refractivity (Wildman–Crippen MR) is 91.5 cm³/mol. The molecule has 5 heteroatoms. The molecular formula is C18H19N3O2. The molecule has 0 aliphatic rings. The van der Waals surface area contributed by atoms with Crippen LogP contribution in [-0.4, -0.2) is 20.9 Å². The van der Waals surface area contributed by atoms with E-state index in [1.54, 1.807) is 10.6 Å². The highest BCUT2D eigenvalue weighted by atomic mass is 16.3. The number of rotatable bonds is 2. The predicted octanol–water partition coefficient (Wildman–Crippen LogP) is 3.36. The van der Waals surface area contributed by atoms with Gasteiger partial charge in [-0.3, -0.25) is 9.36 Å². The number of fused-ring (bicyclic) bond motifs is 1. The first-order valence-electron chi connectivity index (χ1n) is 7.39.